The zero-order valence-corrected chi connectivity index (χ0v) is 13.2. The van der Waals surface area contributed by atoms with Gasteiger partial charge in [-0.05, 0) is 31.7 Å². The molecule has 1 heterocycles. The maximum Gasteiger partial charge on any atom is 0.314 e. The average molecular weight is 303 g/mol. The van der Waals surface area contributed by atoms with Crippen LogP contribution in [0.5, 0.6) is 0 Å². The van der Waals surface area contributed by atoms with E-state index in [1.807, 2.05) is 4.90 Å². The van der Waals surface area contributed by atoms with E-state index in [1.165, 1.54) is 11.1 Å². The van der Waals surface area contributed by atoms with Crippen LogP contribution in [-0.2, 0) is 11.2 Å². The molecule has 1 aliphatic heterocycles. The van der Waals surface area contributed by atoms with E-state index in [0.717, 1.165) is 32.4 Å². The van der Waals surface area contributed by atoms with Crippen molar-refractivity contribution in [3.8, 4) is 0 Å². The van der Waals surface area contributed by atoms with Crippen LogP contribution in [-0.4, -0.2) is 43.0 Å². The van der Waals surface area contributed by atoms with Gasteiger partial charge < -0.3 is 15.5 Å². The lowest BCUT2D eigenvalue weighted by molar-refractivity contribution is -0.127. The largest absolute Gasteiger partial charge is 0.343 e. The number of likely N-dealkylation sites (tertiary alicyclic amines) is 1. The van der Waals surface area contributed by atoms with Gasteiger partial charge in [-0.1, -0.05) is 29.8 Å². The Balaban J connectivity index is 1.52. The SMILES string of the molecule is Cc1ccc(CCNC(=O)NCCCN2CCCC2=O)cc1. The lowest BCUT2D eigenvalue weighted by Crippen LogP contribution is -2.38. The minimum Gasteiger partial charge on any atom is -0.343 e. The van der Waals surface area contributed by atoms with E-state index in [4.69, 9.17) is 0 Å². The Morgan fingerprint density at radius 1 is 1.18 bits per heavy atom. The van der Waals surface area contributed by atoms with Crippen molar-refractivity contribution in [1.82, 2.24) is 15.5 Å². The van der Waals surface area contributed by atoms with Gasteiger partial charge in [-0.2, -0.15) is 0 Å². The number of urea groups is 1. The Labute approximate surface area is 132 Å². The molecular formula is C17H25N3O2. The van der Waals surface area contributed by atoms with Crippen molar-refractivity contribution < 1.29 is 9.59 Å². The second-order valence-electron chi connectivity index (χ2n) is 5.76. The molecule has 3 amide bonds. The van der Waals surface area contributed by atoms with Crippen LogP contribution in [0.1, 0.15) is 30.4 Å². The summed E-state index contributed by atoms with van der Waals surface area (Å²) in [7, 11) is 0. The zero-order chi connectivity index (χ0) is 15.8. The molecule has 2 rings (SSSR count). The number of hydrogen-bond donors (Lipinski definition) is 2. The van der Waals surface area contributed by atoms with Crippen molar-refractivity contribution in [3.05, 3.63) is 35.4 Å². The third-order valence-corrected chi connectivity index (χ3v) is 3.88. The summed E-state index contributed by atoms with van der Waals surface area (Å²) in [6, 6.07) is 8.19. The number of aryl methyl sites for hydroxylation is 1. The number of benzene rings is 1. The third-order valence-electron chi connectivity index (χ3n) is 3.88. The lowest BCUT2D eigenvalue weighted by atomic mass is 10.1. The van der Waals surface area contributed by atoms with E-state index in [2.05, 4.69) is 41.8 Å². The summed E-state index contributed by atoms with van der Waals surface area (Å²) >= 11 is 0. The van der Waals surface area contributed by atoms with Crippen LogP contribution in [0.25, 0.3) is 0 Å². The first-order valence-corrected chi connectivity index (χ1v) is 8.00. The van der Waals surface area contributed by atoms with Gasteiger partial charge in [-0.25, -0.2) is 4.79 Å². The maximum atomic E-state index is 11.6. The fraction of sp³-hybridized carbons (Fsp3) is 0.529. The normalized spacial score (nSPS) is 14.2. The van der Waals surface area contributed by atoms with Gasteiger partial charge >= 0.3 is 6.03 Å². The van der Waals surface area contributed by atoms with Crippen molar-refractivity contribution in [2.45, 2.75) is 32.6 Å². The van der Waals surface area contributed by atoms with E-state index in [0.29, 0.717) is 19.5 Å². The van der Waals surface area contributed by atoms with Crippen LogP contribution in [0.15, 0.2) is 24.3 Å². The molecule has 1 saturated heterocycles. The Morgan fingerprint density at radius 2 is 1.91 bits per heavy atom. The number of carbonyl (C=O) groups excluding carboxylic acids is 2. The minimum absolute atomic E-state index is 0.139. The van der Waals surface area contributed by atoms with Gasteiger partial charge in [0.15, 0.2) is 0 Å². The summed E-state index contributed by atoms with van der Waals surface area (Å²) in [6.45, 7) is 4.88. The summed E-state index contributed by atoms with van der Waals surface area (Å²) in [5.74, 6) is 0.238. The summed E-state index contributed by atoms with van der Waals surface area (Å²) in [5, 5.41) is 5.68. The predicted molar refractivity (Wildman–Crippen MR) is 86.7 cm³/mol. The van der Waals surface area contributed by atoms with E-state index >= 15 is 0 Å². The molecule has 5 heteroatoms. The number of amides is 3. The van der Waals surface area contributed by atoms with Gasteiger partial charge in [-0.3, -0.25) is 4.79 Å². The summed E-state index contributed by atoms with van der Waals surface area (Å²) in [4.78, 5) is 24.9. The van der Waals surface area contributed by atoms with Crippen LogP contribution in [0.3, 0.4) is 0 Å². The molecule has 0 aromatic heterocycles. The van der Waals surface area contributed by atoms with Crippen molar-refractivity contribution in [3.63, 3.8) is 0 Å². The highest BCUT2D eigenvalue weighted by molar-refractivity contribution is 5.78. The molecule has 22 heavy (non-hydrogen) atoms. The van der Waals surface area contributed by atoms with Crippen molar-refractivity contribution in [1.29, 1.82) is 0 Å². The van der Waals surface area contributed by atoms with Crippen LogP contribution in [0.4, 0.5) is 4.79 Å². The van der Waals surface area contributed by atoms with Gasteiger partial charge in [0.05, 0.1) is 0 Å². The molecule has 0 aliphatic carbocycles. The Kier molecular flexibility index (Phi) is 6.25. The van der Waals surface area contributed by atoms with Crippen molar-refractivity contribution in [2.75, 3.05) is 26.2 Å². The first kappa shape index (κ1) is 16.3. The Morgan fingerprint density at radius 3 is 2.59 bits per heavy atom. The van der Waals surface area contributed by atoms with Crippen LogP contribution < -0.4 is 10.6 Å². The fourth-order valence-corrected chi connectivity index (χ4v) is 2.55. The fourth-order valence-electron chi connectivity index (χ4n) is 2.55. The summed E-state index contributed by atoms with van der Waals surface area (Å²) < 4.78 is 0. The highest BCUT2D eigenvalue weighted by Gasteiger charge is 2.18. The topological polar surface area (TPSA) is 61.4 Å². The van der Waals surface area contributed by atoms with E-state index in [-0.39, 0.29) is 11.9 Å². The standard InChI is InChI=1S/C17H25N3O2/c1-14-5-7-15(8-6-14)9-11-19-17(22)18-10-3-13-20-12-2-4-16(20)21/h5-8H,2-4,9-13H2,1H3,(H2,18,19,22). The monoisotopic (exact) mass is 303 g/mol. The molecule has 0 radical (unpaired) electrons. The molecule has 0 spiro atoms. The molecule has 0 atom stereocenters. The van der Waals surface area contributed by atoms with Crippen LogP contribution >= 0.6 is 0 Å². The van der Waals surface area contributed by atoms with Gasteiger partial charge in [0.1, 0.15) is 0 Å². The molecule has 2 N–H and O–H groups in total. The molecule has 0 bridgehead atoms. The Hall–Kier alpha value is -2.04. The maximum absolute atomic E-state index is 11.6. The van der Waals surface area contributed by atoms with Gasteiger partial charge in [0, 0.05) is 32.6 Å². The number of nitrogens with zero attached hydrogens (tertiary/aromatic N) is 1. The summed E-state index contributed by atoms with van der Waals surface area (Å²) in [5.41, 5.74) is 2.46. The summed E-state index contributed by atoms with van der Waals surface area (Å²) in [6.07, 6.45) is 3.27. The molecule has 5 nitrogen and oxygen atoms in total. The number of nitrogens with one attached hydrogen (secondary N) is 2. The second-order valence-corrected chi connectivity index (χ2v) is 5.76. The first-order valence-electron chi connectivity index (χ1n) is 8.00. The highest BCUT2D eigenvalue weighted by atomic mass is 16.2. The van der Waals surface area contributed by atoms with E-state index in [1.54, 1.807) is 0 Å². The highest BCUT2D eigenvalue weighted by Crippen LogP contribution is 2.09. The number of carbonyl (C=O) groups is 2. The van der Waals surface area contributed by atoms with Gasteiger partial charge in [0.25, 0.3) is 0 Å². The number of hydrogen-bond acceptors (Lipinski definition) is 2. The first-order chi connectivity index (χ1) is 10.6. The molecule has 0 unspecified atom stereocenters. The Bertz CT molecular complexity index is 499. The number of rotatable bonds is 7. The van der Waals surface area contributed by atoms with Gasteiger partial charge in [-0.15, -0.1) is 0 Å². The van der Waals surface area contributed by atoms with E-state index in [9.17, 15) is 9.59 Å². The zero-order valence-electron chi connectivity index (χ0n) is 13.2. The lowest BCUT2D eigenvalue weighted by Gasteiger charge is -2.15. The molecular weight excluding hydrogens is 278 g/mol. The van der Waals surface area contributed by atoms with E-state index < -0.39 is 0 Å². The molecule has 1 aromatic rings. The molecule has 1 fully saturated rings. The quantitative estimate of drug-likeness (QED) is 0.755. The van der Waals surface area contributed by atoms with Crippen LogP contribution in [0.2, 0.25) is 0 Å². The molecule has 1 aliphatic rings. The molecule has 1 aromatic carbocycles. The molecule has 120 valence electrons. The predicted octanol–water partition coefficient (Wildman–Crippen LogP) is 1.85. The van der Waals surface area contributed by atoms with Crippen molar-refractivity contribution >= 4 is 11.9 Å². The van der Waals surface area contributed by atoms with Crippen molar-refractivity contribution in [2.24, 2.45) is 0 Å². The van der Waals surface area contributed by atoms with Crippen LogP contribution in [0, 0.1) is 6.92 Å². The van der Waals surface area contributed by atoms with Gasteiger partial charge in [0.2, 0.25) is 5.91 Å². The molecule has 0 saturated carbocycles. The smallest absolute Gasteiger partial charge is 0.314 e. The minimum atomic E-state index is -0.139. The third kappa shape index (κ3) is 5.39. The second kappa shape index (κ2) is 8.41. The average Bonchev–Trinajstić information content (AvgIpc) is 2.91.